The number of hydrogen-bond acceptors (Lipinski definition) is 3. The maximum absolute atomic E-state index is 11.2. The molecule has 0 aliphatic heterocycles. The molecule has 3 aromatic rings. The third-order valence-electron chi connectivity index (χ3n) is 4.50. The van der Waals surface area contributed by atoms with Crippen LogP contribution in [0.2, 0.25) is 0 Å². The number of benzene rings is 2. The van der Waals surface area contributed by atoms with E-state index in [2.05, 4.69) is 33.8 Å². The highest BCUT2D eigenvalue weighted by Crippen LogP contribution is 2.26. The lowest BCUT2D eigenvalue weighted by Crippen LogP contribution is -2.14. The highest BCUT2D eigenvalue weighted by molar-refractivity contribution is 5.91. The van der Waals surface area contributed by atoms with Crippen molar-refractivity contribution in [2.45, 2.75) is 26.8 Å². The molecule has 5 heteroatoms. The molecule has 3 rings (SSSR count). The maximum Gasteiger partial charge on any atom is 0.267 e. The second-order valence-corrected chi connectivity index (χ2v) is 6.42. The Morgan fingerprint density at radius 2 is 1.93 bits per heavy atom. The van der Waals surface area contributed by atoms with E-state index in [4.69, 9.17) is 5.21 Å². The SMILES string of the molecule is Cc1nc(C)n(CCc2ccccc2)c1-c1cccc(C=CC(=O)NO)c1. The highest BCUT2D eigenvalue weighted by atomic mass is 16.5. The zero-order chi connectivity index (χ0) is 19.2. The summed E-state index contributed by atoms with van der Waals surface area (Å²) in [5.74, 6) is 0.430. The molecule has 0 spiro atoms. The zero-order valence-corrected chi connectivity index (χ0v) is 15.5. The van der Waals surface area contributed by atoms with Crippen LogP contribution in [0.1, 0.15) is 22.6 Å². The number of carbonyl (C=O) groups is 1. The minimum atomic E-state index is -0.555. The van der Waals surface area contributed by atoms with Gasteiger partial charge in [0.05, 0.1) is 11.4 Å². The molecule has 1 aromatic heterocycles. The molecule has 0 aliphatic carbocycles. The summed E-state index contributed by atoms with van der Waals surface area (Å²) < 4.78 is 2.24. The lowest BCUT2D eigenvalue weighted by molar-refractivity contribution is -0.124. The molecule has 2 aromatic carbocycles. The number of imidazole rings is 1. The highest BCUT2D eigenvalue weighted by Gasteiger charge is 2.13. The molecular formula is C22H23N3O2. The van der Waals surface area contributed by atoms with Crippen LogP contribution in [-0.4, -0.2) is 20.7 Å². The minimum Gasteiger partial charge on any atom is -0.328 e. The Bertz CT molecular complexity index is 959. The molecule has 0 saturated carbocycles. The fourth-order valence-corrected chi connectivity index (χ4v) is 3.24. The molecule has 1 heterocycles. The summed E-state index contributed by atoms with van der Waals surface area (Å²) in [6, 6.07) is 18.3. The van der Waals surface area contributed by atoms with E-state index in [1.807, 2.05) is 44.2 Å². The van der Waals surface area contributed by atoms with Crippen LogP contribution in [0.4, 0.5) is 0 Å². The van der Waals surface area contributed by atoms with Crippen LogP contribution in [-0.2, 0) is 17.8 Å². The largest absolute Gasteiger partial charge is 0.328 e. The maximum atomic E-state index is 11.2. The molecule has 0 radical (unpaired) electrons. The van der Waals surface area contributed by atoms with E-state index in [1.165, 1.54) is 11.6 Å². The Balaban J connectivity index is 1.90. The molecule has 0 saturated heterocycles. The van der Waals surface area contributed by atoms with Gasteiger partial charge in [-0.2, -0.15) is 0 Å². The number of carbonyl (C=O) groups excluding carboxylic acids is 1. The Hall–Kier alpha value is -3.18. The molecule has 0 bridgehead atoms. The van der Waals surface area contributed by atoms with Crippen molar-refractivity contribution in [1.29, 1.82) is 0 Å². The van der Waals surface area contributed by atoms with Gasteiger partial charge in [0.25, 0.3) is 5.91 Å². The van der Waals surface area contributed by atoms with Gasteiger partial charge in [-0.05, 0) is 43.5 Å². The second-order valence-electron chi connectivity index (χ2n) is 6.42. The van der Waals surface area contributed by atoms with Crippen LogP contribution in [0.25, 0.3) is 17.3 Å². The average Bonchev–Trinajstić information content (AvgIpc) is 2.98. The Labute approximate surface area is 159 Å². The first kappa shape index (κ1) is 18.6. The lowest BCUT2D eigenvalue weighted by Gasteiger charge is -2.12. The van der Waals surface area contributed by atoms with E-state index < -0.39 is 5.91 Å². The normalized spacial score (nSPS) is 11.1. The quantitative estimate of drug-likeness (QED) is 0.397. The van der Waals surface area contributed by atoms with E-state index in [0.717, 1.165) is 41.3 Å². The lowest BCUT2D eigenvalue weighted by atomic mass is 10.1. The van der Waals surface area contributed by atoms with Gasteiger partial charge < -0.3 is 4.57 Å². The van der Waals surface area contributed by atoms with Crippen molar-refractivity contribution >= 4 is 12.0 Å². The van der Waals surface area contributed by atoms with Crippen LogP contribution in [0.5, 0.6) is 0 Å². The molecule has 0 aliphatic rings. The van der Waals surface area contributed by atoms with Gasteiger partial charge in [0.1, 0.15) is 5.82 Å². The van der Waals surface area contributed by atoms with Gasteiger partial charge in [0.2, 0.25) is 0 Å². The summed E-state index contributed by atoms with van der Waals surface area (Å²) in [5.41, 5.74) is 6.89. The number of nitrogens with one attached hydrogen (secondary N) is 1. The van der Waals surface area contributed by atoms with Crippen molar-refractivity contribution in [3.05, 3.63) is 83.3 Å². The van der Waals surface area contributed by atoms with Gasteiger partial charge in [-0.25, -0.2) is 10.5 Å². The molecule has 27 heavy (non-hydrogen) atoms. The predicted octanol–water partition coefficient (Wildman–Crippen LogP) is 3.93. The summed E-state index contributed by atoms with van der Waals surface area (Å²) >= 11 is 0. The number of amides is 1. The fraction of sp³-hybridized carbons (Fsp3) is 0.182. The van der Waals surface area contributed by atoms with Gasteiger partial charge in [0.15, 0.2) is 0 Å². The zero-order valence-electron chi connectivity index (χ0n) is 15.5. The van der Waals surface area contributed by atoms with E-state index in [-0.39, 0.29) is 0 Å². The van der Waals surface area contributed by atoms with Crippen LogP contribution in [0.3, 0.4) is 0 Å². The smallest absolute Gasteiger partial charge is 0.267 e. The fourth-order valence-electron chi connectivity index (χ4n) is 3.24. The molecular weight excluding hydrogens is 338 g/mol. The molecule has 1 amide bonds. The Morgan fingerprint density at radius 1 is 1.15 bits per heavy atom. The topological polar surface area (TPSA) is 67.2 Å². The van der Waals surface area contributed by atoms with E-state index in [9.17, 15) is 4.79 Å². The van der Waals surface area contributed by atoms with E-state index in [0.29, 0.717) is 0 Å². The van der Waals surface area contributed by atoms with Crippen molar-refractivity contribution in [3.63, 3.8) is 0 Å². The van der Waals surface area contributed by atoms with Crippen LogP contribution >= 0.6 is 0 Å². The minimum absolute atomic E-state index is 0.555. The molecule has 0 unspecified atom stereocenters. The third kappa shape index (κ3) is 4.51. The number of aromatic nitrogens is 2. The van der Waals surface area contributed by atoms with Crippen molar-refractivity contribution in [3.8, 4) is 11.3 Å². The molecule has 0 atom stereocenters. The first-order chi connectivity index (χ1) is 13.1. The molecule has 138 valence electrons. The number of hydrogen-bond donors (Lipinski definition) is 2. The van der Waals surface area contributed by atoms with E-state index in [1.54, 1.807) is 11.6 Å². The van der Waals surface area contributed by atoms with Crippen molar-refractivity contribution in [2.24, 2.45) is 0 Å². The molecule has 2 N–H and O–H groups in total. The monoisotopic (exact) mass is 361 g/mol. The summed E-state index contributed by atoms with van der Waals surface area (Å²) in [6.07, 6.45) is 3.90. The van der Waals surface area contributed by atoms with Crippen LogP contribution < -0.4 is 5.48 Å². The summed E-state index contributed by atoms with van der Waals surface area (Å²) in [5, 5.41) is 8.61. The molecule has 5 nitrogen and oxygen atoms in total. The first-order valence-corrected chi connectivity index (χ1v) is 8.88. The number of nitrogens with zero attached hydrogens (tertiary/aromatic N) is 2. The Kier molecular flexibility index (Phi) is 5.84. The van der Waals surface area contributed by atoms with Gasteiger partial charge in [0, 0.05) is 18.2 Å². The number of hydroxylamine groups is 1. The number of aryl methyl sites for hydroxylation is 3. The third-order valence-corrected chi connectivity index (χ3v) is 4.50. The predicted molar refractivity (Wildman–Crippen MR) is 106 cm³/mol. The van der Waals surface area contributed by atoms with Crippen LogP contribution in [0.15, 0.2) is 60.7 Å². The van der Waals surface area contributed by atoms with Gasteiger partial charge in [-0.3, -0.25) is 10.0 Å². The Morgan fingerprint density at radius 3 is 2.67 bits per heavy atom. The van der Waals surface area contributed by atoms with Crippen molar-refractivity contribution in [2.75, 3.05) is 0 Å². The summed E-state index contributed by atoms with van der Waals surface area (Å²) in [6.45, 7) is 4.89. The standard InChI is InChI=1S/C22H23N3O2/c1-16-22(20-10-6-9-19(15-20)11-12-21(26)24-27)25(17(2)23-16)14-13-18-7-4-3-5-8-18/h3-12,15,27H,13-14H2,1-2H3,(H,24,26). The number of rotatable bonds is 6. The van der Waals surface area contributed by atoms with Crippen molar-refractivity contribution in [1.82, 2.24) is 15.0 Å². The second kappa shape index (κ2) is 8.47. The van der Waals surface area contributed by atoms with Gasteiger partial charge in [-0.1, -0.05) is 48.5 Å². The van der Waals surface area contributed by atoms with Crippen molar-refractivity contribution < 1.29 is 10.0 Å². The summed E-state index contributed by atoms with van der Waals surface area (Å²) in [7, 11) is 0. The van der Waals surface area contributed by atoms with Gasteiger partial charge in [-0.15, -0.1) is 0 Å². The molecule has 0 fully saturated rings. The van der Waals surface area contributed by atoms with Crippen LogP contribution in [0, 0.1) is 13.8 Å². The summed E-state index contributed by atoms with van der Waals surface area (Å²) in [4.78, 5) is 15.9. The average molecular weight is 361 g/mol. The van der Waals surface area contributed by atoms with Gasteiger partial charge >= 0.3 is 0 Å². The van der Waals surface area contributed by atoms with E-state index >= 15 is 0 Å². The first-order valence-electron chi connectivity index (χ1n) is 8.88.